The predicted molar refractivity (Wildman–Crippen MR) is 168 cm³/mol. The van der Waals surface area contributed by atoms with Crippen LogP contribution in [0.3, 0.4) is 0 Å². The number of thiazole rings is 1. The number of hydrogen-bond donors (Lipinski definition) is 2. The van der Waals surface area contributed by atoms with Crippen molar-refractivity contribution in [2.45, 2.75) is 47.0 Å². The number of benzene rings is 2. The van der Waals surface area contributed by atoms with Gasteiger partial charge in [-0.3, -0.25) is 9.65 Å². The standard InChI is InChI=1S/C31H34N5O4PS/c1-18(2)15-20(4)24-13-14-36-27(32-24)17-25(34-36)22-8-10-23(11-9-22)30-33-29(28(42-30)31(37)38)35-41(39,40-6)26-12-7-19(3)16-21(26)5/h7-14,16-18,20H,15H2,1-6H3,(H,35,39)(H,37,38). The maximum absolute atomic E-state index is 13.8. The number of carboxylic acids is 1. The van der Waals surface area contributed by atoms with Crippen LogP contribution in [0.2, 0.25) is 0 Å². The predicted octanol–water partition coefficient (Wildman–Crippen LogP) is 7.56. The minimum atomic E-state index is -3.64. The SMILES string of the molecule is COP(=O)(Nc1nc(-c2ccc(-c3cc4nc(C(C)CC(C)C)ccn4n3)cc2)sc1C(=O)O)c1ccc(C)cc1C. The van der Waals surface area contributed by atoms with E-state index in [1.807, 2.05) is 68.6 Å². The summed E-state index contributed by atoms with van der Waals surface area (Å²) in [5, 5.41) is 18.4. The molecule has 0 fully saturated rings. The molecule has 2 atom stereocenters. The maximum atomic E-state index is 13.8. The third-order valence-electron chi connectivity index (χ3n) is 7.10. The van der Waals surface area contributed by atoms with Gasteiger partial charge in [-0.15, -0.1) is 11.3 Å². The molecule has 0 aliphatic carbocycles. The molecular weight excluding hydrogens is 569 g/mol. The average molecular weight is 604 g/mol. The molecule has 42 heavy (non-hydrogen) atoms. The molecule has 0 spiro atoms. The summed E-state index contributed by atoms with van der Waals surface area (Å²) in [5.41, 5.74) is 6.04. The fourth-order valence-electron chi connectivity index (χ4n) is 5.06. The van der Waals surface area contributed by atoms with E-state index in [0.29, 0.717) is 22.1 Å². The van der Waals surface area contributed by atoms with E-state index in [2.05, 4.69) is 35.9 Å². The van der Waals surface area contributed by atoms with Crippen molar-refractivity contribution in [3.05, 3.63) is 82.5 Å². The molecule has 5 aromatic rings. The molecule has 11 heteroatoms. The fraction of sp³-hybridized carbons (Fsp3) is 0.290. The van der Waals surface area contributed by atoms with Crippen LogP contribution in [0.5, 0.6) is 0 Å². The highest BCUT2D eigenvalue weighted by molar-refractivity contribution is 7.68. The Hall–Kier alpha value is -3.85. The van der Waals surface area contributed by atoms with E-state index in [1.54, 1.807) is 10.6 Å². The van der Waals surface area contributed by atoms with E-state index >= 15 is 0 Å². The van der Waals surface area contributed by atoms with Crippen LogP contribution < -0.4 is 10.4 Å². The molecule has 0 saturated heterocycles. The van der Waals surface area contributed by atoms with Gasteiger partial charge in [-0.25, -0.2) is 19.3 Å². The second-order valence-electron chi connectivity index (χ2n) is 10.9. The monoisotopic (exact) mass is 603 g/mol. The number of hydrogen-bond acceptors (Lipinski definition) is 7. The number of fused-ring (bicyclic) bond motifs is 1. The average Bonchev–Trinajstić information content (AvgIpc) is 3.56. The molecule has 2 unspecified atom stereocenters. The van der Waals surface area contributed by atoms with Gasteiger partial charge in [-0.05, 0) is 49.8 Å². The highest BCUT2D eigenvalue weighted by atomic mass is 32.1. The van der Waals surface area contributed by atoms with Gasteiger partial charge in [0, 0.05) is 36.2 Å². The first-order valence-electron chi connectivity index (χ1n) is 13.7. The van der Waals surface area contributed by atoms with Crippen molar-refractivity contribution in [2.75, 3.05) is 12.2 Å². The summed E-state index contributed by atoms with van der Waals surface area (Å²) < 4.78 is 21.0. The second kappa shape index (κ2) is 11.8. The molecule has 218 valence electrons. The van der Waals surface area contributed by atoms with E-state index in [1.165, 1.54) is 7.11 Å². The lowest BCUT2D eigenvalue weighted by Crippen LogP contribution is -2.17. The van der Waals surface area contributed by atoms with E-state index in [9.17, 15) is 14.5 Å². The smallest absolute Gasteiger partial charge is 0.349 e. The molecule has 3 aromatic heterocycles. The van der Waals surface area contributed by atoms with Crippen molar-refractivity contribution >= 4 is 41.6 Å². The van der Waals surface area contributed by atoms with Crippen LogP contribution in [-0.2, 0) is 9.09 Å². The summed E-state index contributed by atoms with van der Waals surface area (Å²) in [6.45, 7) is 10.4. The van der Waals surface area contributed by atoms with Gasteiger partial charge < -0.3 is 9.63 Å². The van der Waals surface area contributed by atoms with Gasteiger partial charge in [0.15, 0.2) is 16.3 Å². The molecule has 0 bridgehead atoms. The van der Waals surface area contributed by atoms with Crippen molar-refractivity contribution in [2.24, 2.45) is 5.92 Å². The minimum absolute atomic E-state index is 0.00524. The summed E-state index contributed by atoms with van der Waals surface area (Å²) in [6.07, 6.45) is 3.01. The Balaban J connectivity index is 1.42. The number of rotatable bonds is 10. The van der Waals surface area contributed by atoms with Gasteiger partial charge in [-0.1, -0.05) is 62.7 Å². The van der Waals surface area contributed by atoms with Crippen molar-refractivity contribution in [1.82, 2.24) is 19.6 Å². The number of carboxylic acid groups (broad SMARTS) is 1. The molecule has 9 nitrogen and oxygen atoms in total. The maximum Gasteiger partial charge on any atom is 0.349 e. The molecule has 3 heterocycles. The normalized spacial score (nSPS) is 13.8. The summed E-state index contributed by atoms with van der Waals surface area (Å²) in [4.78, 5) is 21.4. The zero-order valence-electron chi connectivity index (χ0n) is 24.5. The first kappa shape index (κ1) is 29.6. The van der Waals surface area contributed by atoms with Gasteiger partial charge in [0.25, 0.3) is 0 Å². The molecule has 2 aromatic carbocycles. The molecule has 0 radical (unpaired) electrons. The lowest BCUT2D eigenvalue weighted by atomic mass is 9.96. The van der Waals surface area contributed by atoms with Crippen molar-refractivity contribution in [3.8, 4) is 21.8 Å². The van der Waals surface area contributed by atoms with Crippen LogP contribution in [0.25, 0.3) is 27.5 Å². The molecule has 0 saturated carbocycles. The number of aryl methyl sites for hydroxylation is 2. The summed E-state index contributed by atoms with van der Waals surface area (Å²) in [5.74, 6) is -0.207. The third kappa shape index (κ3) is 6.02. The zero-order valence-corrected chi connectivity index (χ0v) is 26.2. The fourth-order valence-corrected chi connectivity index (χ4v) is 7.65. The summed E-state index contributed by atoms with van der Waals surface area (Å²) >= 11 is 1.01. The number of carbonyl (C=O) groups is 1. The lowest BCUT2D eigenvalue weighted by molar-refractivity contribution is 0.0703. The Labute approximate surface area is 249 Å². The van der Waals surface area contributed by atoms with Crippen LogP contribution in [0.15, 0.2) is 60.8 Å². The summed E-state index contributed by atoms with van der Waals surface area (Å²) in [7, 11) is -2.31. The summed E-state index contributed by atoms with van der Waals surface area (Å²) in [6, 6.07) is 17.0. The molecule has 0 aliphatic heterocycles. The van der Waals surface area contributed by atoms with Crippen LogP contribution in [0.1, 0.15) is 59.6 Å². The van der Waals surface area contributed by atoms with E-state index in [-0.39, 0.29) is 10.7 Å². The van der Waals surface area contributed by atoms with Gasteiger partial charge >= 0.3 is 13.5 Å². The minimum Gasteiger partial charge on any atom is -0.477 e. The highest BCUT2D eigenvalue weighted by Gasteiger charge is 2.31. The van der Waals surface area contributed by atoms with Crippen molar-refractivity contribution in [3.63, 3.8) is 0 Å². The molecule has 0 aliphatic rings. The molecular formula is C31H34N5O4PS. The lowest BCUT2D eigenvalue weighted by Gasteiger charge is -2.20. The first-order chi connectivity index (χ1) is 20.0. The number of aromatic nitrogens is 4. The van der Waals surface area contributed by atoms with Crippen molar-refractivity contribution < 1.29 is 19.0 Å². The van der Waals surface area contributed by atoms with E-state index < -0.39 is 13.5 Å². The largest absolute Gasteiger partial charge is 0.477 e. The van der Waals surface area contributed by atoms with Crippen LogP contribution >= 0.6 is 18.9 Å². The molecule has 5 rings (SSSR count). The third-order valence-corrected chi connectivity index (χ3v) is 10.4. The van der Waals surface area contributed by atoms with Gasteiger partial charge in [0.2, 0.25) is 0 Å². The Morgan fingerprint density at radius 2 is 1.76 bits per heavy atom. The molecule has 0 amide bonds. The van der Waals surface area contributed by atoms with E-state index in [4.69, 9.17) is 9.51 Å². The Bertz CT molecular complexity index is 1810. The quantitative estimate of drug-likeness (QED) is 0.157. The van der Waals surface area contributed by atoms with Gasteiger partial charge in [-0.2, -0.15) is 5.10 Å². The van der Waals surface area contributed by atoms with Crippen LogP contribution in [-0.4, -0.2) is 37.8 Å². The zero-order chi connectivity index (χ0) is 30.2. The van der Waals surface area contributed by atoms with Crippen molar-refractivity contribution in [1.29, 1.82) is 0 Å². The van der Waals surface area contributed by atoms with Crippen LogP contribution in [0.4, 0.5) is 5.82 Å². The van der Waals surface area contributed by atoms with Crippen LogP contribution in [0, 0.1) is 19.8 Å². The topological polar surface area (TPSA) is 119 Å². The second-order valence-corrected chi connectivity index (χ2v) is 14.1. The highest BCUT2D eigenvalue weighted by Crippen LogP contribution is 2.47. The number of nitrogens with one attached hydrogen (secondary N) is 1. The first-order valence-corrected chi connectivity index (χ1v) is 16.1. The van der Waals surface area contributed by atoms with Gasteiger partial charge in [0.1, 0.15) is 5.01 Å². The Morgan fingerprint density at radius 1 is 1.05 bits per heavy atom. The Morgan fingerprint density at radius 3 is 2.40 bits per heavy atom. The van der Waals surface area contributed by atoms with Gasteiger partial charge in [0.05, 0.1) is 11.0 Å². The number of anilines is 1. The Kier molecular flexibility index (Phi) is 8.32. The number of nitrogens with zero attached hydrogens (tertiary/aromatic N) is 4. The molecule has 2 N–H and O–H groups in total. The number of aromatic carboxylic acids is 1. The van der Waals surface area contributed by atoms with E-state index in [0.717, 1.165) is 57.0 Å².